The first-order valence-electron chi connectivity index (χ1n) is 7.44. The average Bonchev–Trinajstić information content (AvgIpc) is 2.86. The van der Waals surface area contributed by atoms with Crippen LogP contribution in [-0.2, 0) is 12.6 Å². The summed E-state index contributed by atoms with van der Waals surface area (Å²) in [6.45, 7) is 0. The molecule has 2 fully saturated rings. The van der Waals surface area contributed by atoms with Gasteiger partial charge in [-0.1, -0.05) is 18.6 Å². The van der Waals surface area contributed by atoms with E-state index in [0.29, 0.717) is 12.1 Å². The highest BCUT2D eigenvalue weighted by atomic mass is 19.4. The molecule has 4 heteroatoms. The molecule has 1 nitrogen and oxygen atoms in total. The predicted molar refractivity (Wildman–Crippen MR) is 72.4 cm³/mol. The largest absolute Gasteiger partial charge is 0.416 e. The molecule has 3 rings (SSSR count). The van der Waals surface area contributed by atoms with Gasteiger partial charge in [-0.3, -0.25) is 0 Å². The molecule has 0 spiro atoms. The summed E-state index contributed by atoms with van der Waals surface area (Å²) in [7, 11) is 0. The Bertz CT molecular complexity index is 452. The van der Waals surface area contributed by atoms with Crippen molar-refractivity contribution < 1.29 is 13.2 Å². The zero-order chi connectivity index (χ0) is 14.2. The number of rotatable bonds is 2. The maximum atomic E-state index is 12.5. The quantitative estimate of drug-likeness (QED) is 0.859. The van der Waals surface area contributed by atoms with Crippen LogP contribution in [0.25, 0.3) is 0 Å². The Morgan fingerprint density at radius 2 is 1.75 bits per heavy atom. The molecule has 110 valence electrons. The van der Waals surface area contributed by atoms with Gasteiger partial charge in [-0.15, -0.1) is 0 Å². The fourth-order valence-electron chi connectivity index (χ4n) is 3.68. The maximum absolute atomic E-state index is 12.5. The summed E-state index contributed by atoms with van der Waals surface area (Å²) in [6.07, 6.45) is 2.92. The summed E-state index contributed by atoms with van der Waals surface area (Å²) in [5, 5.41) is 3.69. The van der Waals surface area contributed by atoms with Crippen molar-refractivity contribution in [1.29, 1.82) is 0 Å². The van der Waals surface area contributed by atoms with E-state index in [0.717, 1.165) is 24.3 Å². The van der Waals surface area contributed by atoms with Gasteiger partial charge in [-0.25, -0.2) is 0 Å². The molecule has 20 heavy (non-hydrogen) atoms. The van der Waals surface area contributed by atoms with Crippen molar-refractivity contribution in [3.63, 3.8) is 0 Å². The molecular weight excluding hydrogens is 263 g/mol. The first-order chi connectivity index (χ1) is 9.52. The third kappa shape index (κ3) is 3.00. The molecule has 3 atom stereocenters. The van der Waals surface area contributed by atoms with Gasteiger partial charge in [0.15, 0.2) is 0 Å². The summed E-state index contributed by atoms with van der Waals surface area (Å²) in [6, 6.07) is 6.68. The van der Waals surface area contributed by atoms with Gasteiger partial charge in [0.2, 0.25) is 0 Å². The van der Waals surface area contributed by atoms with Gasteiger partial charge in [-0.05, 0) is 55.7 Å². The molecule has 1 heterocycles. The van der Waals surface area contributed by atoms with Gasteiger partial charge in [-0.2, -0.15) is 13.2 Å². The lowest BCUT2D eigenvalue weighted by Gasteiger charge is -2.33. The summed E-state index contributed by atoms with van der Waals surface area (Å²) < 4.78 is 37.5. The van der Waals surface area contributed by atoms with Crippen LogP contribution in [0.2, 0.25) is 0 Å². The molecule has 0 bridgehead atoms. The van der Waals surface area contributed by atoms with Crippen molar-refractivity contribution in [2.75, 3.05) is 0 Å². The smallest absolute Gasteiger partial charge is 0.311 e. The molecule has 1 N–H and O–H groups in total. The number of nitrogens with one attached hydrogen (secondary N) is 1. The molecule has 1 aliphatic heterocycles. The Kier molecular flexibility index (Phi) is 3.76. The van der Waals surface area contributed by atoms with Crippen LogP contribution in [0.4, 0.5) is 13.2 Å². The average molecular weight is 283 g/mol. The van der Waals surface area contributed by atoms with Crippen molar-refractivity contribution >= 4 is 0 Å². The van der Waals surface area contributed by atoms with Crippen LogP contribution in [-0.4, -0.2) is 12.1 Å². The lowest BCUT2D eigenvalue weighted by molar-refractivity contribution is -0.137. The van der Waals surface area contributed by atoms with Crippen LogP contribution in [0.5, 0.6) is 0 Å². The number of hydrogen-bond donors (Lipinski definition) is 1. The topological polar surface area (TPSA) is 12.0 Å². The third-order valence-electron chi connectivity index (χ3n) is 4.76. The number of alkyl halides is 3. The van der Waals surface area contributed by atoms with Crippen molar-refractivity contribution in [3.05, 3.63) is 35.4 Å². The number of hydrogen-bond acceptors (Lipinski definition) is 1. The molecule has 1 aromatic rings. The summed E-state index contributed by atoms with van der Waals surface area (Å²) in [5.41, 5.74) is 0.431. The highest BCUT2D eigenvalue weighted by Gasteiger charge is 2.33. The van der Waals surface area contributed by atoms with Gasteiger partial charge in [0.1, 0.15) is 0 Å². The van der Waals surface area contributed by atoms with Crippen molar-refractivity contribution in [1.82, 2.24) is 5.32 Å². The first kappa shape index (κ1) is 13.9. The second-order valence-electron chi connectivity index (χ2n) is 6.14. The van der Waals surface area contributed by atoms with E-state index in [1.54, 1.807) is 12.1 Å². The third-order valence-corrected chi connectivity index (χ3v) is 4.76. The summed E-state index contributed by atoms with van der Waals surface area (Å²) >= 11 is 0. The van der Waals surface area contributed by atoms with E-state index in [4.69, 9.17) is 0 Å². The molecular formula is C16H20F3N. The van der Waals surface area contributed by atoms with E-state index in [-0.39, 0.29) is 0 Å². The molecule has 1 saturated carbocycles. The van der Waals surface area contributed by atoms with Crippen LogP contribution >= 0.6 is 0 Å². The van der Waals surface area contributed by atoms with Gasteiger partial charge in [0, 0.05) is 12.1 Å². The van der Waals surface area contributed by atoms with Crippen LogP contribution in [0, 0.1) is 5.92 Å². The van der Waals surface area contributed by atoms with Crippen molar-refractivity contribution in [2.45, 2.75) is 56.8 Å². The fraction of sp³-hybridized carbons (Fsp3) is 0.625. The Labute approximate surface area is 117 Å². The van der Waals surface area contributed by atoms with Gasteiger partial charge < -0.3 is 5.32 Å². The second kappa shape index (κ2) is 5.40. The monoisotopic (exact) mass is 283 g/mol. The zero-order valence-electron chi connectivity index (χ0n) is 11.4. The molecule has 1 aromatic carbocycles. The Morgan fingerprint density at radius 1 is 1.00 bits per heavy atom. The lowest BCUT2D eigenvalue weighted by atomic mass is 9.87. The number of piperidine rings is 1. The van der Waals surface area contributed by atoms with Gasteiger partial charge in [0.05, 0.1) is 5.56 Å². The minimum Gasteiger partial charge on any atom is -0.311 e. The van der Waals surface area contributed by atoms with E-state index in [1.165, 1.54) is 37.8 Å². The molecule has 2 aliphatic rings. The van der Waals surface area contributed by atoms with Gasteiger partial charge in [0.25, 0.3) is 0 Å². The normalized spacial score (nSPS) is 30.2. The lowest BCUT2D eigenvalue weighted by Crippen LogP contribution is -2.46. The van der Waals surface area contributed by atoms with E-state index in [1.807, 2.05) is 0 Å². The standard InChI is InChI=1S/C16H20F3N/c17-16(18,19)13-7-4-11(5-8-13)10-14-9-6-12-2-1-3-15(12)20-14/h4-5,7-8,12,14-15,20H,1-3,6,9-10H2. The Hall–Kier alpha value is -1.03. The second-order valence-corrected chi connectivity index (χ2v) is 6.14. The predicted octanol–water partition coefficient (Wildman–Crippen LogP) is 4.17. The number of benzene rings is 1. The molecule has 1 saturated heterocycles. The van der Waals surface area contributed by atoms with E-state index in [9.17, 15) is 13.2 Å². The van der Waals surface area contributed by atoms with Crippen LogP contribution < -0.4 is 5.32 Å². The highest BCUT2D eigenvalue weighted by Crippen LogP contribution is 2.34. The fourth-order valence-corrected chi connectivity index (χ4v) is 3.68. The molecule has 1 aliphatic carbocycles. The molecule has 0 radical (unpaired) electrons. The SMILES string of the molecule is FC(F)(F)c1ccc(CC2CCC3CCCC3N2)cc1. The Morgan fingerprint density at radius 3 is 2.45 bits per heavy atom. The Balaban J connectivity index is 1.60. The van der Waals surface area contributed by atoms with Crippen LogP contribution in [0.3, 0.4) is 0 Å². The summed E-state index contributed by atoms with van der Waals surface area (Å²) in [5.74, 6) is 0.832. The maximum Gasteiger partial charge on any atom is 0.416 e. The van der Waals surface area contributed by atoms with Crippen LogP contribution in [0.15, 0.2) is 24.3 Å². The highest BCUT2D eigenvalue weighted by molar-refractivity contribution is 5.25. The zero-order valence-corrected chi connectivity index (χ0v) is 11.4. The number of fused-ring (bicyclic) bond motifs is 1. The minimum absolute atomic E-state index is 0.422. The van der Waals surface area contributed by atoms with Crippen molar-refractivity contribution in [3.8, 4) is 0 Å². The first-order valence-corrected chi connectivity index (χ1v) is 7.44. The minimum atomic E-state index is -4.24. The van der Waals surface area contributed by atoms with Gasteiger partial charge >= 0.3 is 6.18 Å². The molecule has 3 unspecified atom stereocenters. The van der Waals surface area contributed by atoms with E-state index >= 15 is 0 Å². The molecule has 0 amide bonds. The van der Waals surface area contributed by atoms with E-state index in [2.05, 4.69) is 5.32 Å². The van der Waals surface area contributed by atoms with E-state index < -0.39 is 11.7 Å². The van der Waals surface area contributed by atoms with Crippen LogP contribution in [0.1, 0.15) is 43.2 Å². The molecule has 0 aromatic heterocycles. The van der Waals surface area contributed by atoms with Crippen molar-refractivity contribution in [2.24, 2.45) is 5.92 Å². The summed E-state index contributed by atoms with van der Waals surface area (Å²) in [4.78, 5) is 0. The number of halogens is 3.